The molecule has 2 aromatic rings. The van der Waals surface area contributed by atoms with Crippen LogP contribution in [0.4, 0.5) is 0 Å². The number of Topliss-reactive ketones (excluding diaryl/α,β-unsaturated/α-hetero) is 1. The minimum Gasteiger partial charge on any atom is -0.324 e. The third-order valence-electron chi connectivity index (χ3n) is 3.38. The first-order valence-corrected chi connectivity index (χ1v) is 6.60. The second-order valence-corrected chi connectivity index (χ2v) is 4.85. The van der Waals surface area contributed by atoms with Gasteiger partial charge in [-0.1, -0.05) is 6.92 Å². The molecule has 0 fully saturated rings. The lowest BCUT2D eigenvalue weighted by Gasteiger charge is -2.06. The van der Waals surface area contributed by atoms with Crippen LogP contribution in [0.5, 0.6) is 0 Å². The zero-order chi connectivity index (χ0) is 14.9. The summed E-state index contributed by atoms with van der Waals surface area (Å²) < 4.78 is 4.03. The molecule has 0 radical (unpaired) electrons. The minimum atomic E-state index is -0.408. The summed E-state index contributed by atoms with van der Waals surface area (Å²) in [7, 11) is 3.01. The maximum absolute atomic E-state index is 12.2. The van der Waals surface area contributed by atoms with E-state index in [1.807, 2.05) is 6.92 Å². The van der Waals surface area contributed by atoms with E-state index in [0.29, 0.717) is 30.6 Å². The quantitative estimate of drug-likeness (QED) is 0.782. The molecule has 0 aliphatic heterocycles. The highest BCUT2D eigenvalue weighted by atomic mass is 16.2. The number of carbonyl (C=O) groups excluding carboxylic acids is 1. The van der Waals surface area contributed by atoms with Gasteiger partial charge in [-0.15, -0.1) is 0 Å². The molecule has 7 heteroatoms. The van der Waals surface area contributed by atoms with Crippen LogP contribution in [0.15, 0.2) is 15.9 Å². The molecule has 0 N–H and O–H groups in total. The fraction of sp³-hybridized carbons (Fsp3) is 0.538. The van der Waals surface area contributed by atoms with Crippen LogP contribution in [0.25, 0.3) is 11.2 Å². The zero-order valence-electron chi connectivity index (χ0n) is 11.9. The Labute approximate surface area is 115 Å². The first-order chi connectivity index (χ1) is 9.47. The molecule has 2 aromatic heterocycles. The number of imidazole rings is 1. The average molecular weight is 278 g/mol. The molecule has 0 atom stereocenters. The predicted octanol–water partition coefficient (Wildman–Crippen LogP) is 0.193. The Morgan fingerprint density at radius 3 is 2.55 bits per heavy atom. The SMILES string of the molecule is CCCC(=O)CCn1cnc2c1c(=O)n(C)c(=O)n2C. The van der Waals surface area contributed by atoms with Gasteiger partial charge in [-0.05, 0) is 6.42 Å². The lowest BCUT2D eigenvalue weighted by atomic mass is 10.2. The molecular formula is C13H18N4O3. The van der Waals surface area contributed by atoms with Gasteiger partial charge in [0, 0.05) is 33.5 Å². The van der Waals surface area contributed by atoms with E-state index in [0.717, 1.165) is 11.0 Å². The second kappa shape index (κ2) is 5.44. The minimum absolute atomic E-state index is 0.163. The monoisotopic (exact) mass is 278 g/mol. The molecule has 0 saturated carbocycles. The first-order valence-electron chi connectivity index (χ1n) is 6.60. The molecule has 0 aliphatic rings. The molecule has 0 amide bonds. The predicted molar refractivity (Wildman–Crippen MR) is 74.7 cm³/mol. The number of aryl methyl sites for hydroxylation is 2. The lowest BCUT2D eigenvalue weighted by molar-refractivity contribution is -0.119. The van der Waals surface area contributed by atoms with Crippen LogP contribution < -0.4 is 11.2 Å². The molecule has 0 spiro atoms. The zero-order valence-corrected chi connectivity index (χ0v) is 11.9. The van der Waals surface area contributed by atoms with Crippen LogP contribution >= 0.6 is 0 Å². The molecule has 0 saturated heterocycles. The van der Waals surface area contributed by atoms with Crippen molar-refractivity contribution in [1.82, 2.24) is 18.7 Å². The van der Waals surface area contributed by atoms with Gasteiger partial charge in [-0.25, -0.2) is 9.78 Å². The number of rotatable bonds is 5. The second-order valence-electron chi connectivity index (χ2n) is 4.85. The van der Waals surface area contributed by atoms with Crippen LogP contribution in [-0.2, 0) is 25.4 Å². The maximum Gasteiger partial charge on any atom is 0.332 e. The number of hydrogen-bond acceptors (Lipinski definition) is 4. The van der Waals surface area contributed by atoms with Crippen molar-refractivity contribution in [2.24, 2.45) is 14.1 Å². The number of fused-ring (bicyclic) bond motifs is 1. The highest BCUT2D eigenvalue weighted by Gasteiger charge is 2.14. The highest BCUT2D eigenvalue weighted by Crippen LogP contribution is 2.07. The van der Waals surface area contributed by atoms with Gasteiger partial charge < -0.3 is 4.57 Å². The Hall–Kier alpha value is -2.18. The van der Waals surface area contributed by atoms with E-state index in [-0.39, 0.29) is 11.3 Å². The largest absolute Gasteiger partial charge is 0.332 e. The molecule has 2 rings (SSSR count). The van der Waals surface area contributed by atoms with Gasteiger partial charge in [0.15, 0.2) is 11.2 Å². The van der Waals surface area contributed by atoms with Gasteiger partial charge in [-0.3, -0.25) is 18.7 Å². The summed E-state index contributed by atoms with van der Waals surface area (Å²) >= 11 is 0. The van der Waals surface area contributed by atoms with E-state index in [4.69, 9.17) is 0 Å². The Morgan fingerprint density at radius 2 is 1.90 bits per heavy atom. The van der Waals surface area contributed by atoms with Gasteiger partial charge in [0.1, 0.15) is 5.78 Å². The van der Waals surface area contributed by atoms with Crippen molar-refractivity contribution >= 4 is 16.9 Å². The number of hydrogen-bond donors (Lipinski definition) is 0. The third kappa shape index (κ3) is 2.31. The number of ketones is 1. The van der Waals surface area contributed by atoms with Gasteiger partial charge in [-0.2, -0.15) is 0 Å². The van der Waals surface area contributed by atoms with Crippen LogP contribution in [0.2, 0.25) is 0 Å². The van der Waals surface area contributed by atoms with Gasteiger partial charge >= 0.3 is 5.69 Å². The fourth-order valence-corrected chi connectivity index (χ4v) is 2.22. The van der Waals surface area contributed by atoms with Crippen molar-refractivity contribution in [2.45, 2.75) is 32.7 Å². The number of aromatic nitrogens is 4. The van der Waals surface area contributed by atoms with Crippen molar-refractivity contribution in [1.29, 1.82) is 0 Å². The van der Waals surface area contributed by atoms with E-state index in [1.54, 1.807) is 11.6 Å². The first kappa shape index (κ1) is 14.2. The van der Waals surface area contributed by atoms with E-state index in [9.17, 15) is 14.4 Å². The summed E-state index contributed by atoms with van der Waals surface area (Å²) in [6.45, 7) is 2.36. The van der Waals surface area contributed by atoms with Crippen molar-refractivity contribution in [2.75, 3.05) is 0 Å². The maximum atomic E-state index is 12.2. The Morgan fingerprint density at radius 1 is 1.20 bits per heavy atom. The van der Waals surface area contributed by atoms with Gasteiger partial charge in [0.25, 0.3) is 5.56 Å². The normalized spacial score (nSPS) is 11.2. The van der Waals surface area contributed by atoms with Crippen molar-refractivity contribution in [3.05, 3.63) is 27.2 Å². The Bertz CT molecular complexity index is 766. The van der Waals surface area contributed by atoms with Crippen molar-refractivity contribution < 1.29 is 4.79 Å². The third-order valence-corrected chi connectivity index (χ3v) is 3.38. The highest BCUT2D eigenvalue weighted by molar-refractivity contribution is 5.78. The van der Waals surface area contributed by atoms with Gasteiger partial charge in [0.05, 0.1) is 6.33 Å². The summed E-state index contributed by atoms with van der Waals surface area (Å²) in [5.41, 5.74) is -0.0849. The molecule has 0 unspecified atom stereocenters. The van der Waals surface area contributed by atoms with Crippen LogP contribution in [0, 0.1) is 0 Å². The summed E-state index contributed by atoms with van der Waals surface area (Å²) in [6.07, 6.45) is 3.24. The summed E-state index contributed by atoms with van der Waals surface area (Å²) in [4.78, 5) is 39.6. The van der Waals surface area contributed by atoms with Crippen molar-refractivity contribution in [3.63, 3.8) is 0 Å². The molecule has 0 aromatic carbocycles. The summed E-state index contributed by atoms with van der Waals surface area (Å²) in [5, 5.41) is 0. The molecule has 20 heavy (non-hydrogen) atoms. The van der Waals surface area contributed by atoms with Crippen LogP contribution in [0.1, 0.15) is 26.2 Å². The lowest BCUT2D eigenvalue weighted by Crippen LogP contribution is -2.37. The van der Waals surface area contributed by atoms with Crippen LogP contribution in [-0.4, -0.2) is 24.5 Å². The molecular weight excluding hydrogens is 260 g/mol. The Kier molecular flexibility index (Phi) is 3.87. The van der Waals surface area contributed by atoms with E-state index in [1.165, 1.54) is 17.9 Å². The van der Waals surface area contributed by atoms with Crippen LogP contribution in [0.3, 0.4) is 0 Å². The van der Waals surface area contributed by atoms with E-state index in [2.05, 4.69) is 4.98 Å². The number of nitrogens with zero attached hydrogens (tertiary/aromatic N) is 4. The summed E-state index contributed by atoms with van der Waals surface area (Å²) in [5.74, 6) is 0.163. The molecule has 0 aliphatic carbocycles. The fourth-order valence-electron chi connectivity index (χ4n) is 2.22. The molecule has 2 heterocycles. The molecule has 0 bridgehead atoms. The number of carbonyl (C=O) groups is 1. The topological polar surface area (TPSA) is 78.9 Å². The van der Waals surface area contributed by atoms with Gasteiger partial charge in [0.2, 0.25) is 0 Å². The van der Waals surface area contributed by atoms with E-state index >= 15 is 0 Å². The standard InChI is InChI=1S/C13H18N4O3/c1-4-5-9(18)6-7-17-8-14-11-10(17)12(19)16(3)13(20)15(11)2/h8H,4-7H2,1-3H3. The average Bonchev–Trinajstić information content (AvgIpc) is 2.85. The Balaban J connectivity index is 2.45. The smallest absolute Gasteiger partial charge is 0.324 e. The van der Waals surface area contributed by atoms with Crippen molar-refractivity contribution in [3.8, 4) is 0 Å². The van der Waals surface area contributed by atoms with E-state index < -0.39 is 5.69 Å². The molecule has 7 nitrogen and oxygen atoms in total. The summed E-state index contributed by atoms with van der Waals surface area (Å²) in [6, 6.07) is 0. The molecule has 108 valence electrons.